The van der Waals surface area contributed by atoms with Crippen molar-refractivity contribution in [2.24, 2.45) is 4.99 Å². The van der Waals surface area contributed by atoms with Crippen molar-refractivity contribution >= 4 is 53.1 Å². The Hall–Kier alpha value is -1.80. The summed E-state index contributed by atoms with van der Waals surface area (Å²) in [6, 6.07) is 13.8. The lowest BCUT2D eigenvalue weighted by Crippen LogP contribution is -2.38. The maximum Gasteiger partial charge on any atom is 0.226 e. The van der Waals surface area contributed by atoms with Gasteiger partial charge < -0.3 is 16.0 Å². The van der Waals surface area contributed by atoms with E-state index in [0.29, 0.717) is 36.2 Å². The van der Waals surface area contributed by atoms with E-state index in [-0.39, 0.29) is 29.9 Å². The Morgan fingerprint density at radius 3 is 2.48 bits per heavy atom. The summed E-state index contributed by atoms with van der Waals surface area (Å²) in [4.78, 5) is 16.2. The molecule has 146 valence electrons. The predicted molar refractivity (Wildman–Crippen MR) is 124 cm³/mol. The number of carbonyl (C=O) groups is 1. The average molecular weight is 501 g/mol. The number of hydrogen-bond donors (Lipinski definition) is 3. The molecular weight excluding hydrogens is 475 g/mol. The van der Waals surface area contributed by atoms with Crippen molar-refractivity contribution in [2.75, 3.05) is 18.9 Å². The van der Waals surface area contributed by atoms with Crippen molar-refractivity contribution in [1.29, 1.82) is 0 Å². The van der Waals surface area contributed by atoms with Gasteiger partial charge in [-0.2, -0.15) is 0 Å². The van der Waals surface area contributed by atoms with Crippen LogP contribution >= 0.6 is 35.6 Å². The van der Waals surface area contributed by atoms with Gasteiger partial charge >= 0.3 is 0 Å². The van der Waals surface area contributed by atoms with Gasteiger partial charge in [0.25, 0.3) is 0 Å². The molecule has 2 aromatic carbocycles. The second kappa shape index (κ2) is 11.8. The Morgan fingerprint density at radius 1 is 1.07 bits per heavy atom. The molecule has 0 saturated heterocycles. The lowest BCUT2D eigenvalue weighted by molar-refractivity contribution is -0.116. The largest absolute Gasteiger partial charge is 0.356 e. The van der Waals surface area contributed by atoms with Crippen LogP contribution in [0.3, 0.4) is 0 Å². The maximum atomic E-state index is 12.1. The van der Waals surface area contributed by atoms with Gasteiger partial charge in [-0.3, -0.25) is 9.79 Å². The third-order valence-electron chi connectivity index (χ3n) is 3.81. The highest BCUT2D eigenvalue weighted by atomic mass is 127. The van der Waals surface area contributed by atoms with E-state index in [1.54, 1.807) is 7.05 Å². The van der Waals surface area contributed by atoms with Gasteiger partial charge in [-0.1, -0.05) is 47.5 Å². The highest BCUT2D eigenvalue weighted by molar-refractivity contribution is 14.0. The predicted octanol–water partition coefficient (Wildman–Crippen LogP) is 4.27. The topological polar surface area (TPSA) is 65.5 Å². The van der Waals surface area contributed by atoms with Crippen molar-refractivity contribution in [2.45, 2.75) is 26.8 Å². The Kier molecular flexibility index (Phi) is 10.2. The number of rotatable bonds is 6. The summed E-state index contributed by atoms with van der Waals surface area (Å²) in [7, 11) is 1.71. The van der Waals surface area contributed by atoms with E-state index in [1.807, 2.05) is 31.2 Å². The first kappa shape index (κ1) is 23.2. The molecule has 2 aromatic rings. The van der Waals surface area contributed by atoms with Crippen molar-refractivity contribution in [3.05, 3.63) is 64.2 Å². The molecule has 2 rings (SSSR count). The fourth-order valence-corrected chi connectivity index (χ4v) is 2.74. The number of nitrogens with zero attached hydrogens (tertiary/aromatic N) is 1. The number of carbonyl (C=O) groups excluding carboxylic acids is 1. The molecule has 0 spiro atoms. The SMILES string of the molecule is CN=C(NCCC(=O)Nc1ccc(C)cc1Cl)NCc1cccc(C)c1.I. The smallest absolute Gasteiger partial charge is 0.226 e. The van der Waals surface area contributed by atoms with E-state index in [2.05, 4.69) is 46.1 Å². The zero-order chi connectivity index (χ0) is 18.9. The van der Waals surface area contributed by atoms with Gasteiger partial charge in [0, 0.05) is 26.6 Å². The summed E-state index contributed by atoms with van der Waals surface area (Å²) in [5.74, 6) is 0.560. The lowest BCUT2D eigenvalue weighted by atomic mass is 10.1. The van der Waals surface area contributed by atoms with E-state index in [0.717, 1.165) is 5.56 Å². The van der Waals surface area contributed by atoms with Crippen LogP contribution in [0.25, 0.3) is 0 Å². The number of aliphatic imine (C=N–C) groups is 1. The van der Waals surface area contributed by atoms with Crippen molar-refractivity contribution in [3.63, 3.8) is 0 Å². The van der Waals surface area contributed by atoms with Gasteiger partial charge in [0.1, 0.15) is 0 Å². The molecule has 1 amide bonds. The van der Waals surface area contributed by atoms with E-state index < -0.39 is 0 Å². The lowest BCUT2D eigenvalue weighted by Gasteiger charge is -2.12. The number of benzene rings is 2. The Labute approximate surface area is 183 Å². The van der Waals surface area contributed by atoms with Gasteiger partial charge in [0.15, 0.2) is 5.96 Å². The molecule has 0 heterocycles. The summed E-state index contributed by atoms with van der Waals surface area (Å²) in [6.45, 7) is 5.17. The van der Waals surface area contributed by atoms with E-state index in [9.17, 15) is 4.79 Å². The summed E-state index contributed by atoms with van der Waals surface area (Å²) in [6.07, 6.45) is 0.315. The molecule has 0 aliphatic carbocycles. The van der Waals surface area contributed by atoms with Crippen LogP contribution in [0.1, 0.15) is 23.1 Å². The second-order valence-corrected chi connectivity index (χ2v) is 6.53. The normalized spacial score (nSPS) is 10.7. The second-order valence-electron chi connectivity index (χ2n) is 6.12. The number of anilines is 1. The third-order valence-corrected chi connectivity index (χ3v) is 4.12. The van der Waals surface area contributed by atoms with E-state index >= 15 is 0 Å². The van der Waals surface area contributed by atoms with Crippen molar-refractivity contribution < 1.29 is 4.79 Å². The van der Waals surface area contributed by atoms with E-state index in [4.69, 9.17) is 11.6 Å². The van der Waals surface area contributed by atoms with Crippen LogP contribution in [0.15, 0.2) is 47.5 Å². The molecular formula is C20H26ClIN4O. The molecule has 0 radical (unpaired) electrons. The first-order valence-corrected chi connectivity index (χ1v) is 8.92. The summed E-state index contributed by atoms with van der Waals surface area (Å²) >= 11 is 6.13. The van der Waals surface area contributed by atoms with Crippen molar-refractivity contribution in [3.8, 4) is 0 Å². The first-order chi connectivity index (χ1) is 12.5. The molecule has 27 heavy (non-hydrogen) atoms. The number of nitrogens with one attached hydrogen (secondary N) is 3. The van der Waals surface area contributed by atoms with E-state index in [1.165, 1.54) is 11.1 Å². The van der Waals surface area contributed by atoms with Crippen LogP contribution in [-0.4, -0.2) is 25.5 Å². The van der Waals surface area contributed by atoms with Crippen LogP contribution in [0.4, 0.5) is 5.69 Å². The molecule has 0 bridgehead atoms. The first-order valence-electron chi connectivity index (χ1n) is 8.54. The van der Waals surface area contributed by atoms with Gasteiger partial charge in [0.05, 0.1) is 10.7 Å². The maximum absolute atomic E-state index is 12.1. The summed E-state index contributed by atoms with van der Waals surface area (Å²) < 4.78 is 0. The molecule has 0 unspecified atom stereocenters. The quantitative estimate of drug-likeness (QED) is 0.315. The monoisotopic (exact) mass is 500 g/mol. The number of aryl methyl sites for hydroxylation is 2. The molecule has 0 aromatic heterocycles. The van der Waals surface area contributed by atoms with Crippen LogP contribution in [0, 0.1) is 13.8 Å². The fraction of sp³-hybridized carbons (Fsp3) is 0.300. The molecule has 0 atom stereocenters. The standard InChI is InChI=1S/C20H25ClN4O.HI/c1-14-5-4-6-16(11-14)13-24-20(22-3)23-10-9-19(26)25-18-8-7-15(2)12-17(18)21;/h4-8,11-12H,9-10,13H2,1-3H3,(H,25,26)(H2,22,23,24);1H. The van der Waals surface area contributed by atoms with Gasteiger partial charge in [-0.25, -0.2) is 0 Å². The van der Waals surface area contributed by atoms with Gasteiger partial charge in [-0.15, -0.1) is 24.0 Å². The zero-order valence-corrected chi connectivity index (χ0v) is 18.9. The van der Waals surface area contributed by atoms with Crippen LogP contribution in [-0.2, 0) is 11.3 Å². The van der Waals surface area contributed by atoms with Crippen molar-refractivity contribution in [1.82, 2.24) is 10.6 Å². The minimum atomic E-state index is -0.0996. The molecule has 0 saturated carbocycles. The summed E-state index contributed by atoms with van der Waals surface area (Å²) in [5, 5.41) is 9.74. The van der Waals surface area contributed by atoms with Gasteiger partial charge in [0.2, 0.25) is 5.91 Å². The molecule has 3 N–H and O–H groups in total. The highest BCUT2D eigenvalue weighted by Crippen LogP contribution is 2.22. The Balaban J connectivity index is 0.00000364. The Morgan fingerprint density at radius 2 is 1.81 bits per heavy atom. The number of hydrogen-bond acceptors (Lipinski definition) is 2. The highest BCUT2D eigenvalue weighted by Gasteiger charge is 2.06. The van der Waals surface area contributed by atoms with Gasteiger partial charge in [-0.05, 0) is 37.1 Å². The average Bonchev–Trinajstić information content (AvgIpc) is 2.60. The molecule has 0 fully saturated rings. The molecule has 7 heteroatoms. The summed E-state index contributed by atoms with van der Waals surface area (Å²) in [5.41, 5.74) is 4.08. The number of guanidine groups is 1. The number of halogens is 2. The molecule has 0 aliphatic heterocycles. The third kappa shape index (κ3) is 8.17. The Bertz CT molecular complexity index is 795. The minimum absolute atomic E-state index is 0. The number of amides is 1. The minimum Gasteiger partial charge on any atom is -0.356 e. The van der Waals surface area contributed by atoms with Crippen LogP contribution in [0.2, 0.25) is 5.02 Å². The zero-order valence-electron chi connectivity index (χ0n) is 15.8. The molecule has 5 nitrogen and oxygen atoms in total. The van der Waals surface area contributed by atoms with Crippen LogP contribution < -0.4 is 16.0 Å². The fourth-order valence-electron chi connectivity index (χ4n) is 2.46. The molecule has 0 aliphatic rings. The van der Waals surface area contributed by atoms with Crippen LogP contribution in [0.5, 0.6) is 0 Å².